The number of hydrogen-bond acceptors (Lipinski definition) is 3. The second-order valence-corrected chi connectivity index (χ2v) is 5.14. The van der Waals surface area contributed by atoms with Gasteiger partial charge in [0, 0.05) is 0 Å². The molecule has 0 spiro atoms. The number of rotatable bonds is 3. The molecule has 0 aromatic heterocycles. The second-order valence-electron chi connectivity index (χ2n) is 5.14. The molecule has 3 nitrogen and oxygen atoms in total. The van der Waals surface area contributed by atoms with E-state index in [4.69, 9.17) is 4.74 Å². The van der Waals surface area contributed by atoms with Crippen molar-refractivity contribution in [1.82, 2.24) is 5.32 Å². The van der Waals surface area contributed by atoms with Crippen molar-refractivity contribution >= 4 is 0 Å². The Morgan fingerprint density at radius 3 is 2.50 bits per heavy atom. The SMILES string of the molecule is COc1ccc(C(O)C2CCNCC2)c(C)c1C. The normalized spacial score (nSPS) is 18.7. The molecule has 1 aromatic carbocycles. The van der Waals surface area contributed by atoms with Crippen molar-refractivity contribution < 1.29 is 9.84 Å². The summed E-state index contributed by atoms with van der Waals surface area (Å²) < 4.78 is 5.31. The molecule has 0 aliphatic carbocycles. The van der Waals surface area contributed by atoms with Gasteiger partial charge in [0.15, 0.2) is 0 Å². The Kier molecular flexibility index (Phi) is 4.25. The minimum Gasteiger partial charge on any atom is -0.496 e. The van der Waals surface area contributed by atoms with E-state index in [2.05, 4.69) is 12.2 Å². The Morgan fingerprint density at radius 2 is 1.89 bits per heavy atom. The third-order valence-electron chi connectivity index (χ3n) is 4.15. The van der Waals surface area contributed by atoms with Gasteiger partial charge in [-0.2, -0.15) is 0 Å². The number of piperidine rings is 1. The lowest BCUT2D eigenvalue weighted by Crippen LogP contribution is -2.31. The van der Waals surface area contributed by atoms with E-state index in [0.29, 0.717) is 5.92 Å². The van der Waals surface area contributed by atoms with Crippen LogP contribution in [0.1, 0.15) is 35.6 Å². The monoisotopic (exact) mass is 249 g/mol. The van der Waals surface area contributed by atoms with Crippen molar-refractivity contribution in [3.8, 4) is 5.75 Å². The van der Waals surface area contributed by atoms with Gasteiger partial charge in [-0.05, 0) is 68.5 Å². The van der Waals surface area contributed by atoms with E-state index in [9.17, 15) is 5.11 Å². The van der Waals surface area contributed by atoms with Crippen LogP contribution in [-0.4, -0.2) is 25.3 Å². The van der Waals surface area contributed by atoms with Crippen LogP contribution in [0.2, 0.25) is 0 Å². The Hall–Kier alpha value is -1.06. The molecule has 0 bridgehead atoms. The standard InChI is InChI=1S/C15H23NO2/c1-10-11(2)14(18-3)5-4-13(10)15(17)12-6-8-16-9-7-12/h4-5,12,15-17H,6-9H2,1-3H3. The van der Waals surface area contributed by atoms with Gasteiger partial charge in [0.2, 0.25) is 0 Å². The maximum atomic E-state index is 10.5. The van der Waals surface area contributed by atoms with Gasteiger partial charge in [-0.3, -0.25) is 0 Å². The van der Waals surface area contributed by atoms with E-state index in [1.807, 2.05) is 19.1 Å². The van der Waals surface area contributed by atoms with Gasteiger partial charge in [0.1, 0.15) is 5.75 Å². The highest BCUT2D eigenvalue weighted by Gasteiger charge is 2.24. The number of nitrogens with one attached hydrogen (secondary N) is 1. The molecule has 0 radical (unpaired) electrons. The quantitative estimate of drug-likeness (QED) is 0.864. The fourth-order valence-electron chi connectivity index (χ4n) is 2.77. The Morgan fingerprint density at radius 1 is 1.22 bits per heavy atom. The maximum Gasteiger partial charge on any atom is 0.122 e. The van der Waals surface area contributed by atoms with E-state index in [1.54, 1.807) is 7.11 Å². The van der Waals surface area contributed by atoms with Crippen molar-refractivity contribution in [2.75, 3.05) is 20.2 Å². The van der Waals surface area contributed by atoms with Crippen molar-refractivity contribution in [3.63, 3.8) is 0 Å². The van der Waals surface area contributed by atoms with Crippen molar-refractivity contribution in [3.05, 3.63) is 28.8 Å². The third kappa shape index (κ3) is 2.52. The lowest BCUT2D eigenvalue weighted by atomic mass is 9.85. The highest BCUT2D eigenvalue weighted by Crippen LogP contribution is 2.34. The summed E-state index contributed by atoms with van der Waals surface area (Å²) in [6.07, 6.45) is 1.74. The van der Waals surface area contributed by atoms with Crippen molar-refractivity contribution in [2.45, 2.75) is 32.8 Å². The summed E-state index contributed by atoms with van der Waals surface area (Å²) in [7, 11) is 1.69. The molecule has 1 aromatic rings. The van der Waals surface area contributed by atoms with E-state index in [-0.39, 0.29) is 6.10 Å². The molecule has 1 saturated heterocycles. The summed E-state index contributed by atoms with van der Waals surface area (Å²) in [5, 5.41) is 13.9. The summed E-state index contributed by atoms with van der Waals surface area (Å²) >= 11 is 0. The zero-order chi connectivity index (χ0) is 13.1. The van der Waals surface area contributed by atoms with Crippen LogP contribution in [-0.2, 0) is 0 Å². The van der Waals surface area contributed by atoms with Crippen LogP contribution in [0, 0.1) is 19.8 Å². The Balaban J connectivity index is 2.24. The summed E-state index contributed by atoms with van der Waals surface area (Å²) in [6, 6.07) is 3.97. The molecule has 100 valence electrons. The summed E-state index contributed by atoms with van der Waals surface area (Å²) in [4.78, 5) is 0. The van der Waals surface area contributed by atoms with E-state index in [1.165, 1.54) is 0 Å². The van der Waals surface area contributed by atoms with Gasteiger partial charge >= 0.3 is 0 Å². The molecular formula is C15H23NO2. The van der Waals surface area contributed by atoms with Crippen LogP contribution < -0.4 is 10.1 Å². The summed E-state index contributed by atoms with van der Waals surface area (Å²) in [5.74, 6) is 1.27. The van der Waals surface area contributed by atoms with Gasteiger partial charge in [-0.25, -0.2) is 0 Å². The third-order valence-corrected chi connectivity index (χ3v) is 4.15. The van der Waals surface area contributed by atoms with Crippen LogP contribution in [0.4, 0.5) is 0 Å². The molecule has 2 rings (SSSR count). The van der Waals surface area contributed by atoms with Gasteiger partial charge in [-0.1, -0.05) is 6.07 Å². The fraction of sp³-hybridized carbons (Fsp3) is 0.600. The predicted molar refractivity (Wildman–Crippen MR) is 73.0 cm³/mol. The summed E-state index contributed by atoms with van der Waals surface area (Å²) in [5.41, 5.74) is 3.34. The molecule has 2 N–H and O–H groups in total. The highest BCUT2D eigenvalue weighted by atomic mass is 16.5. The lowest BCUT2D eigenvalue weighted by Gasteiger charge is -2.29. The van der Waals surface area contributed by atoms with Crippen LogP contribution in [0.15, 0.2) is 12.1 Å². The first-order valence-electron chi connectivity index (χ1n) is 6.68. The molecule has 1 unspecified atom stereocenters. The molecule has 1 aliphatic rings. The molecular weight excluding hydrogens is 226 g/mol. The number of methoxy groups -OCH3 is 1. The highest BCUT2D eigenvalue weighted by molar-refractivity contribution is 5.44. The Bertz CT molecular complexity index is 411. The van der Waals surface area contributed by atoms with Crippen molar-refractivity contribution in [1.29, 1.82) is 0 Å². The smallest absolute Gasteiger partial charge is 0.122 e. The summed E-state index contributed by atoms with van der Waals surface area (Å²) in [6.45, 7) is 6.14. The lowest BCUT2D eigenvalue weighted by molar-refractivity contribution is 0.0883. The molecule has 1 heterocycles. The molecule has 0 saturated carbocycles. The number of hydrogen-bond donors (Lipinski definition) is 2. The van der Waals surface area contributed by atoms with Gasteiger partial charge in [0.05, 0.1) is 13.2 Å². The van der Waals surface area contributed by atoms with Crippen LogP contribution in [0.3, 0.4) is 0 Å². The number of benzene rings is 1. The number of ether oxygens (including phenoxy) is 1. The zero-order valence-electron chi connectivity index (χ0n) is 11.5. The van der Waals surface area contributed by atoms with E-state index < -0.39 is 0 Å². The second kappa shape index (κ2) is 5.72. The first-order valence-corrected chi connectivity index (χ1v) is 6.68. The van der Waals surface area contributed by atoms with Crippen molar-refractivity contribution in [2.24, 2.45) is 5.92 Å². The number of aliphatic hydroxyl groups excluding tert-OH is 1. The van der Waals surface area contributed by atoms with Crippen LogP contribution in [0.5, 0.6) is 5.75 Å². The van der Waals surface area contributed by atoms with E-state index in [0.717, 1.165) is 48.4 Å². The minimum absolute atomic E-state index is 0.350. The minimum atomic E-state index is -0.350. The predicted octanol–water partition coefficient (Wildman–Crippen LogP) is 2.35. The maximum absolute atomic E-state index is 10.5. The van der Waals surface area contributed by atoms with Gasteiger partial charge in [0.25, 0.3) is 0 Å². The fourth-order valence-corrected chi connectivity index (χ4v) is 2.77. The Labute approximate surface area is 109 Å². The first-order chi connectivity index (χ1) is 8.65. The average Bonchev–Trinajstić information content (AvgIpc) is 2.42. The average molecular weight is 249 g/mol. The zero-order valence-corrected chi connectivity index (χ0v) is 11.5. The molecule has 1 aliphatic heterocycles. The number of aliphatic hydroxyl groups is 1. The largest absolute Gasteiger partial charge is 0.496 e. The van der Waals surface area contributed by atoms with Crippen LogP contribution >= 0.6 is 0 Å². The molecule has 18 heavy (non-hydrogen) atoms. The van der Waals surface area contributed by atoms with Gasteiger partial charge < -0.3 is 15.2 Å². The first kappa shape index (κ1) is 13.4. The van der Waals surface area contributed by atoms with E-state index >= 15 is 0 Å². The molecule has 1 atom stereocenters. The molecule has 0 amide bonds. The topological polar surface area (TPSA) is 41.5 Å². The van der Waals surface area contributed by atoms with Crippen LogP contribution in [0.25, 0.3) is 0 Å². The molecule has 1 fully saturated rings. The van der Waals surface area contributed by atoms with Gasteiger partial charge in [-0.15, -0.1) is 0 Å². The molecule has 3 heteroatoms.